The molecule has 0 radical (unpaired) electrons. The lowest BCUT2D eigenvalue weighted by atomic mass is 9.68. The number of amides is 3. The summed E-state index contributed by atoms with van der Waals surface area (Å²) in [5.41, 5.74) is 4.45. The number of benzene rings is 2. The van der Waals surface area contributed by atoms with E-state index in [1.165, 1.54) is 11.1 Å². The van der Waals surface area contributed by atoms with Gasteiger partial charge in [0, 0.05) is 61.4 Å². The standard InChI is InChI=1S/C40H49ClN6O5S/c1-25-6-4-8-36(51-3)31-12-9-28(31)21-47-23-40(15-5-7-26-16-30(41)11-13-33(26)40)24-52-37-14-10-27(17-35(37)47)38(48)44-53(50,22-25)45-39(49)43-34-18-32(34)29-19-42-46(2)20-29/h4,8,10-11,13-14,16-17,19-20,25,28,31-32,34,36H,5-7,9,12,15,18,21-24H2,1-3H3,(H2,43,44,45,48,49,50)/b8-4+/t25-,28-,31+,32-,34+,36-,40-,53?/m0/s1. The minimum Gasteiger partial charge on any atom is -0.490 e. The zero-order valence-electron chi connectivity index (χ0n) is 30.6. The molecule has 2 aromatic carbocycles. The molecule has 3 heterocycles. The maximum absolute atomic E-state index is 14.6. The largest absolute Gasteiger partial charge is 0.490 e. The maximum atomic E-state index is 14.6. The minimum absolute atomic E-state index is 0.0169. The number of ether oxygens (including phenoxy) is 2. The number of carbonyl (C=O) groups is 2. The molecule has 53 heavy (non-hydrogen) atoms. The molecule has 1 spiro atoms. The Kier molecular flexibility index (Phi) is 9.82. The van der Waals surface area contributed by atoms with Gasteiger partial charge < -0.3 is 19.7 Å². The Balaban J connectivity index is 1.13. The van der Waals surface area contributed by atoms with Crippen molar-refractivity contribution in [2.75, 3.05) is 37.5 Å². The van der Waals surface area contributed by atoms with E-state index in [4.69, 9.17) is 21.1 Å². The number of aryl methyl sites for hydroxylation is 2. The molecule has 1 unspecified atom stereocenters. The first kappa shape index (κ1) is 36.1. The van der Waals surface area contributed by atoms with E-state index >= 15 is 0 Å². The first-order chi connectivity index (χ1) is 25.5. The number of carbonyl (C=O) groups excluding carboxylic acids is 2. The number of fused-ring (bicyclic) bond motifs is 4. The van der Waals surface area contributed by atoms with E-state index in [9.17, 15) is 13.8 Å². The van der Waals surface area contributed by atoms with Gasteiger partial charge in [0.15, 0.2) is 0 Å². The second kappa shape index (κ2) is 14.4. The summed E-state index contributed by atoms with van der Waals surface area (Å²) in [5.74, 6) is 0.823. The third-order valence-corrected chi connectivity index (χ3v) is 14.2. The monoisotopic (exact) mass is 760 g/mol. The molecule has 3 aliphatic carbocycles. The van der Waals surface area contributed by atoms with Crippen molar-refractivity contribution in [3.05, 3.63) is 88.2 Å². The van der Waals surface area contributed by atoms with Gasteiger partial charge in [-0.05, 0) is 110 Å². The van der Waals surface area contributed by atoms with Crippen LogP contribution < -0.4 is 19.7 Å². The summed E-state index contributed by atoms with van der Waals surface area (Å²) in [5, 5.41) is 7.92. The van der Waals surface area contributed by atoms with Gasteiger partial charge in [0.2, 0.25) is 0 Å². The average Bonchev–Trinajstić information content (AvgIpc) is 3.76. The van der Waals surface area contributed by atoms with Crippen molar-refractivity contribution < 1.29 is 23.3 Å². The van der Waals surface area contributed by atoms with E-state index in [2.05, 4.69) is 48.7 Å². The van der Waals surface area contributed by atoms with Crippen molar-refractivity contribution in [2.24, 2.45) is 29.2 Å². The first-order valence-electron chi connectivity index (χ1n) is 18.9. The van der Waals surface area contributed by atoms with Crippen LogP contribution >= 0.6 is 11.6 Å². The molecule has 2 bridgehead atoms. The maximum Gasteiger partial charge on any atom is 0.327 e. The zero-order chi connectivity index (χ0) is 36.9. The SMILES string of the molecule is CO[C@H]1/C=C/C[C@H](C)CS(=O)(NC(=O)N[C@@H]2C[C@H]2c2cnn(C)c2)=NC(=O)c2ccc3c(c2)N(C[C@@H]2CC[C@H]21)C[C@@]1(CCCc2cc(Cl)ccc21)CO3. The normalized spacial score (nSPS) is 32.9. The van der Waals surface area contributed by atoms with Crippen LogP contribution in [0, 0.1) is 17.8 Å². The van der Waals surface area contributed by atoms with Gasteiger partial charge >= 0.3 is 6.03 Å². The predicted molar refractivity (Wildman–Crippen MR) is 206 cm³/mol. The molecule has 2 N–H and O–H groups in total. The molecule has 0 saturated heterocycles. The van der Waals surface area contributed by atoms with Crippen molar-refractivity contribution in [1.82, 2.24) is 19.8 Å². The number of nitrogens with zero attached hydrogens (tertiary/aromatic N) is 4. The van der Waals surface area contributed by atoms with Crippen molar-refractivity contribution in [3.8, 4) is 5.75 Å². The summed E-state index contributed by atoms with van der Waals surface area (Å²) in [6, 6.07) is 10.9. The molecule has 2 aliphatic heterocycles. The summed E-state index contributed by atoms with van der Waals surface area (Å²) in [6.07, 6.45) is 14.4. The lowest BCUT2D eigenvalue weighted by Gasteiger charge is -2.46. The van der Waals surface area contributed by atoms with Gasteiger partial charge in [-0.3, -0.25) is 14.2 Å². The van der Waals surface area contributed by atoms with Crippen LogP contribution in [0.5, 0.6) is 5.75 Å². The third kappa shape index (κ3) is 7.47. The summed E-state index contributed by atoms with van der Waals surface area (Å²) in [6.45, 7) is 3.97. The fourth-order valence-electron chi connectivity index (χ4n) is 9.06. The van der Waals surface area contributed by atoms with Crippen LogP contribution in [-0.2, 0) is 33.5 Å². The summed E-state index contributed by atoms with van der Waals surface area (Å²) >= 11 is 6.47. The van der Waals surface area contributed by atoms with Gasteiger partial charge in [-0.15, -0.1) is 4.36 Å². The van der Waals surface area contributed by atoms with E-state index < -0.39 is 21.9 Å². The van der Waals surface area contributed by atoms with E-state index in [1.807, 2.05) is 38.4 Å². The number of hydrogen-bond donors (Lipinski definition) is 2. The number of aromatic nitrogens is 2. The van der Waals surface area contributed by atoms with Crippen LogP contribution in [0.1, 0.15) is 78.4 Å². The Labute approximate surface area is 317 Å². The van der Waals surface area contributed by atoms with Crippen LogP contribution in [0.15, 0.2) is 65.3 Å². The summed E-state index contributed by atoms with van der Waals surface area (Å²) in [7, 11) is 0.112. The van der Waals surface area contributed by atoms with Gasteiger partial charge in [0.1, 0.15) is 15.7 Å². The summed E-state index contributed by atoms with van der Waals surface area (Å²) < 4.78 is 36.0. The fourth-order valence-corrected chi connectivity index (χ4v) is 11.1. The van der Waals surface area contributed by atoms with Crippen LogP contribution in [0.4, 0.5) is 10.5 Å². The van der Waals surface area contributed by atoms with E-state index in [0.29, 0.717) is 36.2 Å². The molecule has 11 nitrogen and oxygen atoms in total. The van der Waals surface area contributed by atoms with Crippen LogP contribution in [0.2, 0.25) is 5.02 Å². The molecule has 2 fully saturated rings. The Morgan fingerprint density at radius 3 is 2.83 bits per heavy atom. The highest BCUT2D eigenvalue weighted by molar-refractivity contribution is 7.92. The van der Waals surface area contributed by atoms with E-state index in [0.717, 1.165) is 67.9 Å². The highest BCUT2D eigenvalue weighted by Gasteiger charge is 2.45. The molecule has 8 rings (SSSR count). The molecule has 13 heteroatoms. The lowest BCUT2D eigenvalue weighted by molar-refractivity contribution is 0.0131. The molecular weight excluding hydrogens is 712 g/mol. The third-order valence-electron chi connectivity index (χ3n) is 12.0. The number of halogens is 1. The smallest absolute Gasteiger partial charge is 0.327 e. The van der Waals surface area contributed by atoms with Crippen molar-refractivity contribution >= 4 is 39.1 Å². The highest BCUT2D eigenvalue weighted by atomic mass is 35.5. The molecule has 1 aromatic heterocycles. The quantitative estimate of drug-likeness (QED) is 0.289. The number of nitrogens with one attached hydrogen (secondary N) is 2. The minimum atomic E-state index is -3.51. The summed E-state index contributed by atoms with van der Waals surface area (Å²) in [4.78, 5) is 29.8. The van der Waals surface area contributed by atoms with Crippen molar-refractivity contribution in [2.45, 2.75) is 75.3 Å². The Bertz CT molecular complexity index is 2060. The molecule has 3 aromatic rings. The Morgan fingerprint density at radius 2 is 2.06 bits per heavy atom. The van der Waals surface area contributed by atoms with Gasteiger partial charge in [-0.1, -0.05) is 36.7 Å². The van der Waals surface area contributed by atoms with E-state index in [1.54, 1.807) is 24.1 Å². The van der Waals surface area contributed by atoms with Gasteiger partial charge in [-0.2, -0.15) is 5.10 Å². The number of hydrogen-bond acceptors (Lipinski definition) is 7. The van der Waals surface area contributed by atoms with Gasteiger partial charge in [0.25, 0.3) is 5.91 Å². The Morgan fingerprint density at radius 1 is 1.19 bits per heavy atom. The number of allylic oxidation sites excluding steroid dienone is 1. The molecule has 2 saturated carbocycles. The average molecular weight is 761 g/mol. The molecule has 282 valence electrons. The van der Waals surface area contributed by atoms with Gasteiger partial charge in [0.05, 0.1) is 30.3 Å². The topological polar surface area (TPSA) is 127 Å². The van der Waals surface area contributed by atoms with Crippen LogP contribution in [-0.4, -0.2) is 70.6 Å². The van der Waals surface area contributed by atoms with E-state index in [-0.39, 0.29) is 35.1 Å². The van der Waals surface area contributed by atoms with Crippen molar-refractivity contribution in [3.63, 3.8) is 0 Å². The van der Waals surface area contributed by atoms with Crippen molar-refractivity contribution in [1.29, 1.82) is 0 Å². The predicted octanol–water partition coefficient (Wildman–Crippen LogP) is 6.56. The first-order valence-corrected chi connectivity index (χ1v) is 20.9. The number of anilines is 1. The second-order valence-electron chi connectivity index (χ2n) is 15.9. The lowest BCUT2D eigenvalue weighted by Crippen LogP contribution is -2.49. The highest BCUT2D eigenvalue weighted by Crippen LogP contribution is 2.47. The second-order valence-corrected chi connectivity index (χ2v) is 18.4. The molecular formula is C40H49ClN6O5S. The number of urea groups is 1. The number of rotatable bonds is 4. The zero-order valence-corrected chi connectivity index (χ0v) is 32.2. The van der Waals surface area contributed by atoms with Crippen LogP contribution in [0.3, 0.4) is 0 Å². The van der Waals surface area contributed by atoms with Crippen LogP contribution in [0.25, 0.3) is 0 Å². The Hall–Kier alpha value is -3.87. The number of methoxy groups -OCH3 is 1. The molecule has 8 atom stereocenters. The molecule has 3 amide bonds. The van der Waals surface area contributed by atoms with Gasteiger partial charge in [-0.25, -0.2) is 9.00 Å². The molecule has 5 aliphatic rings. The fraction of sp³-hybridized carbons (Fsp3) is 0.525.